The molecule has 0 aromatic heterocycles. The summed E-state index contributed by atoms with van der Waals surface area (Å²) in [6.07, 6.45) is 1.00. The largest absolute Gasteiger partial charge is 0.490 e. The lowest BCUT2D eigenvalue weighted by molar-refractivity contribution is -0.385. The maximum absolute atomic E-state index is 11.9. The number of amides is 1. The Morgan fingerprint density at radius 2 is 1.85 bits per heavy atom. The molecule has 2 rings (SSSR count). The molecule has 1 amide bonds. The Kier molecular flexibility index (Phi) is 5.93. The van der Waals surface area contributed by atoms with E-state index in [1.165, 1.54) is 49.7 Å². The number of nitro groups is 2. The molecule has 0 fully saturated rings. The molecule has 134 valence electrons. The summed E-state index contributed by atoms with van der Waals surface area (Å²) in [5.74, 6) is -0.453. The van der Waals surface area contributed by atoms with Crippen LogP contribution in [0.5, 0.6) is 5.75 Å². The van der Waals surface area contributed by atoms with Gasteiger partial charge in [0.1, 0.15) is 0 Å². The van der Waals surface area contributed by atoms with Gasteiger partial charge < -0.3 is 4.74 Å². The summed E-state index contributed by atoms with van der Waals surface area (Å²) in [6, 6.07) is 10.1. The standard InChI is InChI=1S/C16H14N4O6/c1-26-15-7-6-11(8-14(15)20(24)25)10-17-18-16(21)9-12-4-2-3-5-13(12)19(22)23/h2-8,10H,9H2,1H3,(H,18,21)/b17-10+. The van der Waals surface area contributed by atoms with Crippen molar-refractivity contribution in [3.8, 4) is 5.75 Å². The predicted molar refractivity (Wildman–Crippen MR) is 92.2 cm³/mol. The number of hydrogen-bond donors (Lipinski definition) is 1. The van der Waals surface area contributed by atoms with Crippen molar-refractivity contribution in [1.29, 1.82) is 0 Å². The van der Waals surface area contributed by atoms with Gasteiger partial charge in [0.05, 0.1) is 29.6 Å². The molecule has 26 heavy (non-hydrogen) atoms. The van der Waals surface area contributed by atoms with Gasteiger partial charge in [-0.05, 0) is 12.1 Å². The van der Waals surface area contributed by atoms with Crippen LogP contribution in [0.3, 0.4) is 0 Å². The maximum Gasteiger partial charge on any atom is 0.311 e. The molecule has 0 atom stereocenters. The molecule has 0 unspecified atom stereocenters. The van der Waals surface area contributed by atoms with Crippen LogP contribution in [-0.4, -0.2) is 29.1 Å². The van der Waals surface area contributed by atoms with Gasteiger partial charge >= 0.3 is 5.69 Å². The second-order valence-corrected chi connectivity index (χ2v) is 5.04. The van der Waals surface area contributed by atoms with Crippen LogP contribution in [0.4, 0.5) is 11.4 Å². The van der Waals surface area contributed by atoms with E-state index in [0.717, 1.165) is 0 Å². The van der Waals surface area contributed by atoms with E-state index < -0.39 is 15.8 Å². The van der Waals surface area contributed by atoms with Gasteiger partial charge in [0.15, 0.2) is 5.75 Å². The van der Waals surface area contributed by atoms with Crippen molar-refractivity contribution >= 4 is 23.5 Å². The van der Waals surface area contributed by atoms with Crippen molar-refractivity contribution in [3.63, 3.8) is 0 Å². The van der Waals surface area contributed by atoms with E-state index in [-0.39, 0.29) is 29.1 Å². The highest BCUT2D eigenvalue weighted by Crippen LogP contribution is 2.26. The van der Waals surface area contributed by atoms with Crippen LogP contribution in [0.1, 0.15) is 11.1 Å². The van der Waals surface area contributed by atoms with Crippen LogP contribution in [0.25, 0.3) is 0 Å². The summed E-state index contributed by atoms with van der Waals surface area (Å²) >= 11 is 0. The van der Waals surface area contributed by atoms with Crippen LogP contribution in [-0.2, 0) is 11.2 Å². The van der Waals surface area contributed by atoms with Crippen molar-refractivity contribution in [2.45, 2.75) is 6.42 Å². The lowest BCUT2D eigenvalue weighted by Gasteiger charge is -2.03. The first-order chi connectivity index (χ1) is 12.4. The number of nitrogens with zero attached hydrogens (tertiary/aromatic N) is 3. The number of carbonyl (C=O) groups is 1. The Hall–Kier alpha value is -3.82. The van der Waals surface area contributed by atoms with Crippen LogP contribution in [0, 0.1) is 20.2 Å². The molecule has 0 aliphatic heterocycles. The quantitative estimate of drug-likeness (QED) is 0.457. The highest BCUT2D eigenvalue weighted by Gasteiger charge is 2.16. The van der Waals surface area contributed by atoms with Gasteiger partial charge in [-0.15, -0.1) is 0 Å². The number of ether oxygens (including phenoxy) is 1. The van der Waals surface area contributed by atoms with E-state index >= 15 is 0 Å². The summed E-state index contributed by atoms with van der Waals surface area (Å²) in [5.41, 5.74) is 2.47. The third-order valence-electron chi connectivity index (χ3n) is 3.34. The van der Waals surface area contributed by atoms with E-state index in [9.17, 15) is 25.0 Å². The van der Waals surface area contributed by atoms with Crippen LogP contribution >= 0.6 is 0 Å². The SMILES string of the molecule is COc1ccc(/C=N/NC(=O)Cc2ccccc2[N+](=O)[O-])cc1[N+](=O)[O-]. The van der Waals surface area contributed by atoms with Gasteiger partial charge in [0, 0.05) is 23.3 Å². The fourth-order valence-corrected chi connectivity index (χ4v) is 2.16. The number of methoxy groups -OCH3 is 1. The smallest absolute Gasteiger partial charge is 0.311 e. The van der Waals surface area contributed by atoms with Gasteiger partial charge in [-0.25, -0.2) is 5.43 Å². The van der Waals surface area contributed by atoms with Crippen LogP contribution in [0.2, 0.25) is 0 Å². The van der Waals surface area contributed by atoms with Gasteiger partial charge in [-0.3, -0.25) is 25.0 Å². The Morgan fingerprint density at radius 1 is 1.15 bits per heavy atom. The minimum atomic E-state index is -0.594. The van der Waals surface area contributed by atoms with Crippen LogP contribution in [0.15, 0.2) is 47.6 Å². The van der Waals surface area contributed by atoms with Crippen molar-refractivity contribution in [2.24, 2.45) is 5.10 Å². The zero-order valence-electron chi connectivity index (χ0n) is 13.6. The molecule has 0 saturated heterocycles. The lowest BCUT2D eigenvalue weighted by Crippen LogP contribution is -2.20. The molecule has 1 N–H and O–H groups in total. The first-order valence-electron chi connectivity index (χ1n) is 7.29. The third-order valence-corrected chi connectivity index (χ3v) is 3.34. The van der Waals surface area contributed by atoms with E-state index in [0.29, 0.717) is 5.56 Å². The zero-order valence-corrected chi connectivity index (χ0v) is 13.6. The molecule has 2 aromatic carbocycles. The van der Waals surface area contributed by atoms with E-state index in [4.69, 9.17) is 4.74 Å². The summed E-state index contributed by atoms with van der Waals surface area (Å²) in [5, 5.41) is 25.6. The molecule has 0 spiro atoms. The first-order valence-corrected chi connectivity index (χ1v) is 7.29. The number of benzene rings is 2. The second kappa shape index (κ2) is 8.33. The number of nitrogens with one attached hydrogen (secondary N) is 1. The van der Waals surface area contributed by atoms with Crippen LogP contribution < -0.4 is 10.2 Å². The second-order valence-electron chi connectivity index (χ2n) is 5.04. The normalized spacial score (nSPS) is 10.5. The van der Waals surface area contributed by atoms with Gasteiger partial charge in [0.25, 0.3) is 5.69 Å². The van der Waals surface area contributed by atoms with Crippen molar-refractivity contribution < 1.29 is 19.4 Å². The molecule has 10 nitrogen and oxygen atoms in total. The third kappa shape index (κ3) is 4.60. The highest BCUT2D eigenvalue weighted by molar-refractivity contribution is 5.84. The number of hydrogen-bond acceptors (Lipinski definition) is 7. The molecule has 0 saturated carbocycles. The van der Waals surface area contributed by atoms with Gasteiger partial charge in [-0.2, -0.15) is 5.10 Å². The van der Waals surface area contributed by atoms with Crippen molar-refractivity contribution in [1.82, 2.24) is 5.43 Å². The van der Waals surface area contributed by atoms with Crippen molar-refractivity contribution in [2.75, 3.05) is 7.11 Å². The number of carbonyl (C=O) groups excluding carboxylic acids is 1. The van der Waals surface area contributed by atoms with Gasteiger partial charge in [-0.1, -0.05) is 18.2 Å². The topological polar surface area (TPSA) is 137 Å². The Morgan fingerprint density at radius 3 is 2.50 bits per heavy atom. The first kappa shape index (κ1) is 18.5. The highest BCUT2D eigenvalue weighted by atomic mass is 16.6. The fourth-order valence-electron chi connectivity index (χ4n) is 2.16. The minimum Gasteiger partial charge on any atom is -0.490 e. The summed E-state index contributed by atoms with van der Waals surface area (Å²) in [7, 11) is 1.32. The maximum atomic E-state index is 11.9. The molecular formula is C16H14N4O6. The Balaban J connectivity index is 2.05. The predicted octanol–water partition coefficient (Wildman–Crippen LogP) is 2.20. The number of rotatable bonds is 7. The molecule has 10 heteroatoms. The fraction of sp³-hybridized carbons (Fsp3) is 0.125. The summed E-state index contributed by atoms with van der Waals surface area (Å²) < 4.78 is 4.89. The number of para-hydroxylation sites is 1. The Labute approximate surface area is 147 Å². The van der Waals surface area contributed by atoms with E-state index in [2.05, 4.69) is 10.5 Å². The summed E-state index contributed by atoms with van der Waals surface area (Å²) in [6.45, 7) is 0. The Bertz CT molecular complexity index is 881. The van der Waals surface area contributed by atoms with Crippen molar-refractivity contribution in [3.05, 3.63) is 73.8 Å². The molecule has 0 bridgehead atoms. The molecule has 2 aromatic rings. The summed E-state index contributed by atoms with van der Waals surface area (Å²) in [4.78, 5) is 32.6. The molecule has 0 radical (unpaired) electrons. The molecule has 0 aliphatic rings. The average Bonchev–Trinajstić information content (AvgIpc) is 2.61. The average molecular weight is 358 g/mol. The molecule has 0 heterocycles. The van der Waals surface area contributed by atoms with E-state index in [1.54, 1.807) is 6.07 Å². The number of nitro benzene ring substituents is 2. The zero-order chi connectivity index (χ0) is 19.1. The number of hydrazone groups is 1. The lowest BCUT2D eigenvalue weighted by atomic mass is 10.1. The molecule has 0 aliphatic carbocycles. The molecular weight excluding hydrogens is 344 g/mol. The monoisotopic (exact) mass is 358 g/mol. The van der Waals surface area contributed by atoms with Gasteiger partial charge in [0.2, 0.25) is 5.91 Å². The van der Waals surface area contributed by atoms with E-state index in [1.807, 2.05) is 0 Å². The minimum absolute atomic E-state index is 0.104.